The first-order chi connectivity index (χ1) is 12.2. The van der Waals surface area contributed by atoms with Crippen molar-refractivity contribution in [2.75, 3.05) is 31.1 Å². The van der Waals surface area contributed by atoms with E-state index in [1.165, 1.54) is 0 Å². The zero-order valence-corrected chi connectivity index (χ0v) is 14.4. The summed E-state index contributed by atoms with van der Waals surface area (Å²) in [6, 6.07) is 13.0. The van der Waals surface area contributed by atoms with Crippen LogP contribution in [0.25, 0.3) is 6.08 Å². The summed E-state index contributed by atoms with van der Waals surface area (Å²) in [5.41, 5.74) is 1.45. The van der Waals surface area contributed by atoms with E-state index in [4.69, 9.17) is 11.6 Å². The Morgan fingerprint density at radius 2 is 2.00 bits per heavy atom. The number of hydrogen-bond acceptors (Lipinski definition) is 4. The van der Waals surface area contributed by atoms with Crippen LogP contribution >= 0.6 is 11.6 Å². The van der Waals surface area contributed by atoms with Gasteiger partial charge in [-0.3, -0.25) is 4.79 Å². The monoisotopic (exact) mass is 352 g/mol. The number of aromatic nitrogens is 1. The van der Waals surface area contributed by atoms with Crippen LogP contribution in [-0.2, 0) is 4.79 Å². The van der Waals surface area contributed by atoms with E-state index in [0.717, 1.165) is 5.56 Å². The van der Waals surface area contributed by atoms with Crippen LogP contribution < -0.4 is 4.90 Å². The largest absolute Gasteiger partial charge is 0.352 e. The van der Waals surface area contributed by atoms with Gasteiger partial charge in [0.05, 0.1) is 5.56 Å². The smallest absolute Gasteiger partial charge is 0.246 e. The number of pyridine rings is 1. The molecule has 0 spiro atoms. The van der Waals surface area contributed by atoms with E-state index in [9.17, 15) is 10.1 Å². The third-order valence-electron chi connectivity index (χ3n) is 4.07. The second-order valence-corrected chi connectivity index (χ2v) is 6.12. The molecule has 0 aliphatic carbocycles. The molecule has 2 heterocycles. The van der Waals surface area contributed by atoms with E-state index in [1.807, 2.05) is 23.1 Å². The van der Waals surface area contributed by atoms with E-state index in [-0.39, 0.29) is 5.91 Å². The summed E-state index contributed by atoms with van der Waals surface area (Å²) in [7, 11) is 0. The molecule has 3 rings (SSSR count). The minimum absolute atomic E-state index is 0.0267. The Morgan fingerprint density at radius 1 is 1.20 bits per heavy atom. The molecule has 1 aliphatic heterocycles. The standard InChI is InChI=1S/C19H17ClN4O/c20-17-5-1-3-15(13-17)6-7-18(25)23-9-11-24(12-10-23)19-16(14-21)4-2-8-22-19/h1-8,13H,9-12H2. The van der Waals surface area contributed by atoms with Crippen molar-refractivity contribution < 1.29 is 4.79 Å². The highest BCUT2D eigenvalue weighted by molar-refractivity contribution is 6.30. The van der Waals surface area contributed by atoms with E-state index in [1.54, 1.807) is 41.4 Å². The van der Waals surface area contributed by atoms with Crippen molar-refractivity contribution in [3.8, 4) is 6.07 Å². The van der Waals surface area contributed by atoms with Gasteiger partial charge in [-0.25, -0.2) is 4.98 Å². The normalized spacial score (nSPS) is 14.6. The molecule has 6 heteroatoms. The molecule has 0 N–H and O–H groups in total. The molecule has 0 unspecified atom stereocenters. The van der Waals surface area contributed by atoms with Gasteiger partial charge in [0.2, 0.25) is 5.91 Å². The summed E-state index contributed by atoms with van der Waals surface area (Å²) in [4.78, 5) is 20.5. The predicted molar refractivity (Wildman–Crippen MR) is 98.2 cm³/mol. The van der Waals surface area contributed by atoms with Crippen LogP contribution in [0.15, 0.2) is 48.7 Å². The lowest BCUT2D eigenvalue weighted by Crippen LogP contribution is -2.48. The van der Waals surface area contributed by atoms with Crippen molar-refractivity contribution in [3.63, 3.8) is 0 Å². The van der Waals surface area contributed by atoms with Gasteiger partial charge in [-0.05, 0) is 35.9 Å². The SMILES string of the molecule is N#Cc1cccnc1N1CCN(C(=O)C=Cc2cccc(Cl)c2)CC1. The predicted octanol–water partition coefficient (Wildman–Crippen LogP) is 2.97. The van der Waals surface area contributed by atoms with Gasteiger partial charge in [0.1, 0.15) is 11.9 Å². The van der Waals surface area contributed by atoms with Crippen molar-refractivity contribution in [2.45, 2.75) is 0 Å². The Labute approximate surface area is 151 Å². The molecule has 2 aromatic rings. The van der Waals surface area contributed by atoms with E-state index < -0.39 is 0 Å². The second kappa shape index (κ2) is 7.82. The minimum atomic E-state index is -0.0267. The van der Waals surface area contributed by atoms with Gasteiger partial charge in [0.15, 0.2) is 0 Å². The number of piperazine rings is 1. The third-order valence-corrected chi connectivity index (χ3v) is 4.30. The van der Waals surface area contributed by atoms with Gasteiger partial charge in [0, 0.05) is 43.5 Å². The number of benzene rings is 1. The highest BCUT2D eigenvalue weighted by Gasteiger charge is 2.22. The van der Waals surface area contributed by atoms with Crippen LogP contribution in [0.5, 0.6) is 0 Å². The fraction of sp³-hybridized carbons (Fsp3) is 0.211. The molecule has 0 bridgehead atoms. The van der Waals surface area contributed by atoms with Gasteiger partial charge in [0.25, 0.3) is 0 Å². The summed E-state index contributed by atoms with van der Waals surface area (Å²) in [6.45, 7) is 2.51. The second-order valence-electron chi connectivity index (χ2n) is 5.69. The van der Waals surface area contributed by atoms with Gasteiger partial charge >= 0.3 is 0 Å². The first-order valence-electron chi connectivity index (χ1n) is 8.00. The molecular formula is C19H17ClN4O. The van der Waals surface area contributed by atoms with Crippen LogP contribution in [0.2, 0.25) is 5.02 Å². The molecule has 5 nitrogen and oxygen atoms in total. The number of amides is 1. The topological polar surface area (TPSA) is 60.2 Å². The zero-order chi connectivity index (χ0) is 17.6. The quantitative estimate of drug-likeness (QED) is 0.797. The number of anilines is 1. The van der Waals surface area contributed by atoms with Gasteiger partial charge in [-0.1, -0.05) is 23.7 Å². The first kappa shape index (κ1) is 17.0. The Hall–Kier alpha value is -2.84. The van der Waals surface area contributed by atoms with Gasteiger partial charge in [-0.15, -0.1) is 0 Å². The molecule has 1 amide bonds. The fourth-order valence-corrected chi connectivity index (χ4v) is 2.96. The van der Waals surface area contributed by atoms with Crippen LogP contribution in [0.4, 0.5) is 5.82 Å². The molecule has 1 fully saturated rings. The van der Waals surface area contributed by atoms with Crippen LogP contribution in [0, 0.1) is 11.3 Å². The van der Waals surface area contributed by atoms with Gasteiger partial charge < -0.3 is 9.80 Å². The number of nitrogens with zero attached hydrogens (tertiary/aromatic N) is 4. The van der Waals surface area contributed by atoms with Gasteiger partial charge in [-0.2, -0.15) is 5.26 Å². The van der Waals surface area contributed by atoms with Crippen molar-refractivity contribution in [1.82, 2.24) is 9.88 Å². The highest BCUT2D eigenvalue weighted by Crippen LogP contribution is 2.18. The highest BCUT2D eigenvalue weighted by atomic mass is 35.5. The van der Waals surface area contributed by atoms with Crippen LogP contribution in [0.3, 0.4) is 0 Å². The summed E-state index contributed by atoms with van der Waals surface area (Å²) in [6.07, 6.45) is 5.03. The Balaban J connectivity index is 1.60. The maximum absolute atomic E-state index is 12.3. The zero-order valence-electron chi connectivity index (χ0n) is 13.6. The van der Waals surface area contributed by atoms with Crippen LogP contribution in [0.1, 0.15) is 11.1 Å². The number of hydrogen-bond donors (Lipinski definition) is 0. The summed E-state index contributed by atoms with van der Waals surface area (Å²) >= 11 is 5.94. The molecule has 126 valence electrons. The molecule has 0 radical (unpaired) electrons. The molecule has 1 aliphatic rings. The molecule has 1 saturated heterocycles. The number of rotatable bonds is 3. The van der Waals surface area contributed by atoms with E-state index in [0.29, 0.717) is 42.6 Å². The summed E-state index contributed by atoms with van der Waals surface area (Å²) in [5, 5.41) is 9.83. The van der Waals surface area contributed by atoms with Crippen LogP contribution in [-0.4, -0.2) is 42.0 Å². The first-order valence-corrected chi connectivity index (χ1v) is 8.38. The van der Waals surface area contributed by atoms with Crippen molar-refractivity contribution in [1.29, 1.82) is 5.26 Å². The third kappa shape index (κ3) is 4.17. The number of nitriles is 1. The number of carbonyl (C=O) groups is 1. The Morgan fingerprint density at radius 3 is 2.72 bits per heavy atom. The molecule has 1 aromatic carbocycles. The molecule has 1 aromatic heterocycles. The minimum Gasteiger partial charge on any atom is -0.352 e. The number of halogens is 1. The molecule has 0 saturated carbocycles. The lowest BCUT2D eigenvalue weighted by molar-refractivity contribution is -0.126. The maximum Gasteiger partial charge on any atom is 0.246 e. The van der Waals surface area contributed by atoms with E-state index >= 15 is 0 Å². The van der Waals surface area contributed by atoms with Crippen molar-refractivity contribution >= 4 is 29.4 Å². The van der Waals surface area contributed by atoms with E-state index in [2.05, 4.69) is 11.1 Å². The number of carbonyl (C=O) groups excluding carboxylic acids is 1. The summed E-state index contributed by atoms with van der Waals surface area (Å²) < 4.78 is 0. The average molecular weight is 353 g/mol. The molecule has 0 atom stereocenters. The van der Waals surface area contributed by atoms with Crippen molar-refractivity contribution in [2.24, 2.45) is 0 Å². The lowest BCUT2D eigenvalue weighted by Gasteiger charge is -2.35. The lowest BCUT2D eigenvalue weighted by atomic mass is 10.2. The molecular weight excluding hydrogens is 336 g/mol. The average Bonchev–Trinajstić information content (AvgIpc) is 2.66. The maximum atomic E-state index is 12.3. The Kier molecular flexibility index (Phi) is 5.32. The Bertz CT molecular complexity index is 835. The fourth-order valence-electron chi connectivity index (χ4n) is 2.76. The molecule has 25 heavy (non-hydrogen) atoms. The summed E-state index contributed by atoms with van der Waals surface area (Å²) in [5.74, 6) is 0.660. The van der Waals surface area contributed by atoms with Crippen molar-refractivity contribution in [3.05, 3.63) is 64.8 Å².